The lowest BCUT2D eigenvalue weighted by Crippen LogP contribution is -2.51. The van der Waals surface area contributed by atoms with Gasteiger partial charge in [-0.1, -0.05) is 97.1 Å². The number of hydrogen-bond donors (Lipinski definition) is 1. The summed E-state index contributed by atoms with van der Waals surface area (Å²) >= 11 is 0. The molecule has 4 aromatic rings. The molecule has 0 saturated carbocycles. The van der Waals surface area contributed by atoms with Gasteiger partial charge in [0, 0.05) is 11.6 Å². The van der Waals surface area contributed by atoms with E-state index in [0.717, 1.165) is 11.1 Å². The molecule has 0 bridgehead atoms. The van der Waals surface area contributed by atoms with Gasteiger partial charge in [0.15, 0.2) is 9.84 Å². The maximum absolute atomic E-state index is 14.8. The van der Waals surface area contributed by atoms with Crippen LogP contribution in [0.1, 0.15) is 28.8 Å². The number of fused-ring (bicyclic) bond motifs is 3. The van der Waals surface area contributed by atoms with Gasteiger partial charge in [0.05, 0.1) is 10.9 Å². The van der Waals surface area contributed by atoms with Crippen molar-refractivity contribution in [3.8, 4) is 5.75 Å². The van der Waals surface area contributed by atoms with Crippen molar-refractivity contribution in [2.24, 2.45) is 5.92 Å². The van der Waals surface area contributed by atoms with E-state index in [0.29, 0.717) is 5.56 Å². The highest BCUT2D eigenvalue weighted by atomic mass is 32.2. The van der Waals surface area contributed by atoms with E-state index < -0.39 is 38.6 Å². The standard InChI is InChI=1S/C29H23NO4S/c31-28-25-26(20-12-4-1-5-13-20)30-27(21-14-6-2-7-15-21)29(25,23-18-10-11-19-24(23)34-28)35(32,33)22-16-8-3-9-17-22/h1-19,25-27,30H/t25-,26+,27+,29-/m1/s1. The third kappa shape index (κ3) is 3.10. The van der Waals surface area contributed by atoms with E-state index in [1.54, 1.807) is 54.6 Å². The van der Waals surface area contributed by atoms with Gasteiger partial charge in [-0.25, -0.2) is 8.42 Å². The lowest BCUT2D eigenvalue weighted by Gasteiger charge is -2.42. The maximum Gasteiger partial charge on any atom is 0.318 e. The topological polar surface area (TPSA) is 72.5 Å². The summed E-state index contributed by atoms with van der Waals surface area (Å²) < 4.78 is 33.8. The van der Waals surface area contributed by atoms with Crippen LogP contribution in [0, 0.1) is 5.92 Å². The third-order valence-electron chi connectivity index (χ3n) is 7.13. The van der Waals surface area contributed by atoms with Crippen molar-refractivity contribution in [3.63, 3.8) is 0 Å². The summed E-state index contributed by atoms with van der Waals surface area (Å²) in [6.07, 6.45) is 0. The summed E-state index contributed by atoms with van der Waals surface area (Å²) in [4.78, 5) is 13.9. The number of para-hydroxylation sites is 1. The van der Waals surface area contributed by atoms with Gasteiger partial charge in [-0.2, -0.15) is 0 Å². The molecule has 2 heterocycles. The van der Waals surface area contributed by atoms with E-state index in [1.165, 1.54) is 0 Å². The number of hydrogen-bond acceptors (Lipinski definition) is 5. The number of carbonyl (C=O) groups is 1. The Kier molecular flexibility index (Phi) is 5.09. The van der Waals surface area contributed by atoms with Crippen molar-refractivity contribution in [2.45, 2.75) is 21.7 Å². The number of benzene rings is 4. The van der Waals surface area contributed by atoms with E-state index in [1.807, 2.05) is 60.7 Å². The van der Waals surface area contributed by atoms with Crippen LogP contribution in [-0.2, 0) is 19.4 Å². The van der Waals surface area contributed by atoms with Crippen LogP contribution < -0.4 is 10.1 Å². The molecule has 4 atom stereocenters. The maximum atomic E-state index is 14.8. The predicted octanol–water partition coefficient (Wildman–Crippen LogP) is 4.98. The van der Waals surface area contributed by atoms with Crippen LogP contribution in [0.5, 0.6) is 5.75 Å². The van der Waals surface area contributed by atoms with Crippen molar-refractivity contribution >= 4 is 15.8 Å². The van der Waals surface area contributed by atoms with Crippen LogP contribution in [0.3, 0.4) is 0 Å². The summed E-state index contributed by atoms with van der Waals surface area (Å²) in [7, 11) is -4.11. The zero-order chi connectivity index (χ0) is 24.0. The minimum atomic E-state index is -4.11. The van der Waals surface area contributed by atoms with E-state index in [9.17, 15) is 13.2 Å². The van der Waals surface area contributed by atoms with Gasteiger partial charge in [0.1, 0.15) is 16.4 Å². The summed E-state index contributed by atoms with van der Waals surface area (Å²) in [6.45, 7) is 0. The third-order valence-corrected chi connectivity index (χ3v) is 9.62. The van der Waals surface area contributed by atoms with Crippen LogP contribution in [0.15, 0.2) is 120 Å². The number of esters is 1. The first-order valence-corrected chi connectivity index (χ1v) is 13.0. The molecule has 4 aromatic carbocycles. The van der Waals surface area contributed by atoms with Gasteiger partial charge in [0.2, 0.25) is 0 Å². The Hall–Kier alpha value is -3.74. The first-order valence-electron chi connectivity index (χ1n) is 11.5. The smallest absolute Gasteiger partial charge is 0.318 e. The van der Waals surface area contributed by atoms with Crippen molar-refractivity contribution in [3.05, 3.63) is 132 Å². The van der Waals surface area contributed by atoms with Crippen LogP contribution >= 0.6 is 0 Å². The summed E-state index contributed by atoms with van der Waals surface area (Å²) in [5.41, 5.74) is 2.12. The summed E-state index contributed by atoms with van der Waals surface area (Å²) in [5, 5.41) is 3.57. The average molecular weight is 482 g/mol. The first-order chi connectivity index (χ1) is 17.0. The largest absolute Gasteiger partial charge is 0.426 e. The number of sulfone groups is 1. The van der Waals surface area contributed by atoms with Gasteiger partial charge in [-0.15, -0.1) is 0 Å². The van der Waals surface area contributed by atoms with Crippen molar-refractivity contribution in [1.82, 2.24) is 5.32 Å². The fourth-order valence-corrected chi connectivity index (χ4v) is 8.16. The van der Waals surface area contributed by atoms with Crippen LogP contribution in [-0.4, -0.2) is 14.4 Å². The molecule has 2 aliphatic rings. The Morgan fingerprint density at radius 3 is 1.89 bits per heavy atom. The van der Waals surface area contributed by atoms with Crippen molar-refractivity contribution < 1.29 is 17.9 Å². The average Bonchev–Trinajstić information content (AvgIpc) is 3.29. The molecular weight excluding hydrogens is 458 g/mol. The molecule has 0 amide bonds. The van der Waals surface area contributed by atoms with E-state index >= 15 is 0 Å². The van der Waals surface area contributed by atoms with E-state index in [-0.39, 0.29) is 10.6 Å². The molecule has 1 N–H and O–H groups in total. The van der Waals surface area contributed by atoms with Crippen LogP contribution in [0.25, 0.3) is 0 Å². The molecule has 174 valence electrons. The molecule has 6 rings (SSSR count). The molecule has 1 saturated heterocycles. The molecular formula is C29H23NO4S. The van der Waals surface area contributed by atoms with E-state index in [2.05, 4.69) is 5.32 Å². The Balaban J connectivity index is 1.73. The quantitative estimate of drug-likeness (QED) is 0.329. The van der Waals surface area contributed by atoms with Gasteiger partial charge in [-0.3, -0.25) is 4.79 Å². The van der Waals surface area contributed by atoms with Crippen molar-refractivity contribution in [2.75, 3.05) is 0 Å². The molecule has 0 unspecified atom stereocenters. The van der Waals surface area contributed by atoms with Crippen molar-refractivity contribution in [1.29, 1.82) is 0 Å². The lowest BCUT2D eigenvalue weighted by atomic mass is 9.75. The fourth-order valence-electron chi connectivity index (χ4n) is 5.71. The Bertz CT molecular complexity index is 1490. The molecule has 6 heteroatoms. The zero-order valence-corrected chi connectivity index (χ0v) is 19.6. The molecule has 5 nitrogen and oxygen atoms in total. The minimum Gasteiger partial charge on any atom is -0.426 e. The molecule has 2 aliphatic heterocycles. The Labute approximate surface area is 204 Å². The van der Waals surface area contributed by atoms with E-state index in [4.69, 9.17) is 4.74 Å². The molecule has 0 aliphatic carbocycles. The van der Waals surface area contributed by atoms with Crippen LogP contribution in [0.4, 0.5) is 0 Å². The van der Waals surface area contributed by atoms with Gasteiger partial charge in [0.25, 0.3) is 0 Å². The van der Waals surface area contributed by atoms with Gasteiger partial charge < -0.3 is 10.1 Å². The monoisotopic (exact) mass is 481 g/mol. The molecule has 1 fully saturated rings. The molecule has 0 aromatic heterocycles. The normalized spacial score (nSPS) is 25.4. The number of nitrogens with one attached hydrogen (secondary N) is 1. The number of carbonyl (C=O) groups excluding carboxylic acids is 1. The SMILES string of the molecule is O=C1Oc2ccccc2[C@]2(S(=O)(=O)c3ccccc3)[C@H](c3ccccc3)N[C@@H](c3ccccc3)[C@H]12. The number of ether oxygens (including phenoxy) is 1. The summed E-state index contributed by atoms with van der Waals surface area (Å²) in [6, 6.07) is 33.1. The zero-order valence-electron chi connectivity index (χ0n) is 18.7. The lowest BCUT2D eigenvalue weighted by molar-refractivity contribution is -0.142. The predicted molar refractivity (Wildman–Crippen MR) is 132 cm³/mol. The highest BCUT2D eigenvalue weighted by molar-refractivity contribution is 7.92. The fraction of sp³-hybridized carbons (Fsp3) is 0.138. The highest BCUT2D eigenvalue weighted by Gasteiger charge is 2.70. The van der Waals surface area contributed by atoms with Crippen LogP contribution in [0.2, 0.25) is 0 Å². The molecule has 0 spiro atoms. The Morgan fingerprint density at radius 1 is 0.686 bits per heavy atom. The Morgan fingerprint density at radius 2 is 1.23 bits per heavy atom. The van der Waals surface area contributed by atoms with Gasteiger partial charge >= 0.3 is 5.97 Å². The second kappa shape index (κ2) is 8.18. The number of rotatable bonds is 4. The second-order valence-electron chi connectivity index (χ2n) is 8.90. The second-order valence-corrected chi connectivity index (χ2v) is 11.1. The first kappa shape index (κ1) is 21.8. The highest BCUT2D eigenvalue weighted by Crippen LogP contribution is 2.62. The van der Waals surface area contributed by atoms with Gasteiger partial charge in [-0.05, 0) is 29.3 Å². The molecule has 0 radical (unpaired) electrons. The minimum absolute atomic E-state index is 0.172. The summed E-state index contributed by atoms with van der Waals surface area (Å²) in [5.74, 6) is -1.28. The molecule has 35 heavy (non-hydrogen) atoms.